The molecule has 0 saturated carbocycles. The Morgan fingerprint density at radius 2 is 0.745 bits per heavy atom. The maximum atomic E-state index is 2.46. The standard InChI is InChI=1S/C50H30S/c1-2-12-34-29-35(26-23-31(34)11-1)32-21-24-33(25-22-32)47-40-16-6-8-18-42(40)48(43-19-9-7-17-41(43)47)36-27-28-46-45(30-36)49-39-15-5-3-13-37(39)38-14-4-10-20-44(38)50(49)51-46/h1-30H. The zero-order chi connectivity index (χ0) is 33.5. The van der Waals surface area contributed by atoms with Crippen molar-refractivity contribution in [1.29, 1.82) is 0 Å². The number of thiophene rings is 1. The fraction of sp³-hybridized carbons (Fsp3) is 0. The monoisotopic (exact) mass is 662 g/mol. The summed E-state index contributed by atoms with van der Waals surface area (Å²) < 4.78 is 2.70. The second-order valence-electron chi connectivity index (χ2n) is 13.6. The van der Waals surface area contributed by atoms with E-state index in [0.717, 1.165) is 0 Å². The van der Waals surface area contributed by atoms with Crippen molar-refractivity contribution in [3.8, 4) is 33.4 Å². The number of hydrogen-bond donors (Lipinski definition) is 0. The largest absolute Gasteiger partial charge is 0.135 e. The van der Waals surface area contributed by atoms with E-state index in [2.05, 4.69) is 182 Å². The first-order chi connectivity index (χ1) is 25.3. The molecule has 0 bridgehead atoms. The fourth-order valence-electron chi connectivity index (χ4n) is 8.51. The lowest BCUT2D eigenvalue weighted by molar-refractivity contribution is 1.63. The highest BCUT2D eigenvalue weighted by atomic mass is 32.1. The van der Waals surface area contributed by atoms with Gasteiger partial charge in [-0.3, -0.25) is 0 Å². The number of rotatable bonds is 3. The number of fused-ring (bicyclic) bond motifs is 11. The minimum absolute atomic E-state index is 1.23. The van der Waals surface area contributed by atoms with E-state index in [1.807, 2.05) is 11.3 Å². The lowest BCUT2D eigenvalue weighted by Crippen LogP contribution is -1.91. The van der Waals surface area contributed by atoms with Crippen LogP contribution in [-0.2, 0) is 0 Å². The highest BCUT2D eigenvalue weighted by molar-refractivity contribution is 7.27. The van der Waals surface area contributed by atoms with Crippen LogP contribution in [0.1, 0.15) is 0 Å². The van der Waals surface area contributed by atoms with E-state index in [9.17, 15) is 0 Å². The van der Waals surface area contributed by atoms with E-state index in [1.54, 1.807) is 0 Å². The van der Waals surface area contributed by atoms with Crippen LogP contribution in [0.15, 0.2) is 182 Å². The molecule has 1 aromatic heterocycles. The Bertz CT molecular complexity index is 3120. The van der Waals surface area contributed by atoms with Gasteiger partial charge in [-0.05, 0) is 100 Å². The molecular weight excluding hydrogens is 633 g/mol. The van der Waals surface area contributed by atoms with Gasteiger partial charge in [-0.25, -0.2) is 0 Å². The predicted molar refractivity (Wildman–Crippen MR) is 223 cm³/mol. The molecule has 0 radical (unpaired) electrons. The van der Waals surface area contributed by atoms with Crippen molar-refractivity contribution < 1.29 is 0 Å². The van der Waals surface area contributed by atoms with Crippen LogP contribution >= 0.6 is 11.3 Å². The molecule has 1 heterocycles. The Labute approximate surface area is 299 Å². The molecule has 0 aliphatic heterocycles. The van der Waals surface area contributed by atoms with Gasteiger partial charge in [0.05, 0.1) is 0 Å². The Balaban J connectivity index is 1.14. The third-order valence-corrected chi connectivity index (χ3v) is 12.0. The van der Waals surface area contributed by atoms with Gasteiger partial charge in [-0.1, -0.05) is 164 Å². The molecule has 0 aliphatic carbocycles. The lowest BCUT2D eigenvalue weighted by Gasteiger charge is -2.18. The highest BCUT2D eigenvalue weighted by Crippen LogP contribution is 2.48. The second kappa shape index (κ2) is 11.1. The van der Waals surface area contributed by atoms with Crippen molar-refractivity contribution >= 4 is 85.4 Å². The lowest BCUT2D eigenvalue weighted by atomic mass is 9.85. The molecule has 236 valence electrons. The molecule has 0 fully saturated rings. The van der Waals surface area contributed by atoms with Crippen molar-refractivity contribution in [1.82, 2.24) is 0 Å². The average molecular weight is 663 g/mol. The first-order valence-corrected chi connectivity index (χ1v) is 18.4. The van der Waals surface area contributed by atoms with E-state index in [0.29, 0.717) is 0 Å². The Morgan fingerprint density at radius 1 is 0.275 bits per heavy atom. The normalized spacial score (nSPS) is 11.9. The van der Waals surface area contributed by atoms with E-state index in [4.69, 9.17) is 0 Å². The van der Waals surface area contributed by atoms with Gasteiger partial charge in [0.1, 0.15) is 0 Å². The van der Waals surface area contributed by atoms with Crippen molar-refractivity contribution in [3.05, 3.63) is 182 Å². The van der Waals surface area contributed by atoms with Gasteiger partial charge >= 0.3 is 0 Å². The second-order valence-corrected chi connectivity index (χ2v) is 14.6. The van der Waals surface area contributed by atoms with Crippen molar-refractivity contribution in [2.24, 2.45) is 0 Å². The van der Waals surface area contributed by atoms with Gasteiger partial charge < -0.3 is 0 Å². The molecule has 11 rings (SSSR count). The van der Waals surface area contributed by atoms with Gasteiger partial charge in [0.15, 0.2) is 0 Å². The SMILES string of the molecule is c1ccc2cc(-c3ccc(-c4c5ccccc5c(-c5ccc6sc7c8ccccc8c8ccccc8c7c6c5)c5ccccc45)cc3)ccc2c1. The van der Waals surface area contributed by atoms with Crippen LogP contribution in [0.2, 0.25) is 0 Å². The van der Waals surface area contributed by atoms with Crippen molar-refractivity contribution in [3.63, 3.8) is 0 Å². The quantitative estimate of drug-likeness (QED) is 0.130. The summed E-state index contributed by atoms with van der Waals surface area (Å²) in [5.41, 5.74) is 7.54. The molecule has 0 unspecified atom stereocenters. The summed E-state index contributed by atoms with van der Waals surface area (Å²) in [6.07, 6.45) is 0. The van der Waals surface area contributed by atoms with Crippen LogP contribution in [0.25, 0.3) is 107 Å². The summed E-state index contributed by atoms with van der Waals surface area (Å²) in [6.45, 7) is 0. The molecule has 51 heavy (non-hydrogen) atoms. The van der Waals surface area contributed by atoms with Crippen LogP contribution in [-0.4, -0.2) is 0 Å². The van der Waals surface area contributed by atoms with E-state index in [1.165, 1.54) is 107 Å². The molecule has 0 nitrogen and oxygen atoms in total. The smallest absolute Gasteiger partial charge is 0.0440 e. The maximum Gasteiger partial charge on any atom is 0.0440 e. The van der Waals surface area contributed by atoms with Gasteiger partial charge in [-0.2, -0.15) is 0 Å². The first kappa shape index (κ1) is 28.5. The number of hydrogen-bond acceptors (Lipinski definition) is 1. The molecule has 0 atom stereocenters. The molecule has 0 N–H and O–H groups in total. The van der Waals surface area contributed by atoms with E-state index < -0.39 is 0 Å². The van der Waals surface area contributed by atoms with Gasteiger partial charge in [-0.15, -0.1) is 11.3 Å². The predicted octanol–water partition coefficient (Wildman–Crippen LogP) is 14.8. The molecule has 0 saturated heterocycles. The topological polar surface area (TPSA) is 0 Å². The third-order valence-electron chi connectivity index (χ3n) is 10.8. The third kappa shape index (κ3) is 4.32. The summed E-state index contributed by atoms with van der Waals surface area (Å²) in [6, 6.07) is 67.4. The van der Waals surface area contributed by atoms with Gasteiger partial charge in [0, 0.05) is 25.6 Å². The highest BCUT2D eigenvalue weighted by Gasteiger charge is 2.19. The minimum Gasteiger partial charge on any atom is -0.135 e. The number of benzene rings is 10. The summed E-state index contributed by atoms with van der Waals surface area (Å²) in [5.74, 6) is 0. The molecule has 0 aliphatic rings. The fourth-order valence-corrected chi connectivity index (χ4v) is 9.75. The molecule has 0 amide bonds. The van der Waals surface area contributed by atoms with Crippen LogP contribution in [0.5, 0.6) is 0 Å². The summed E-state index contributed by atoms with van der Waals surface area (Å²) >= 11 is 1.92. The Hall–Kier alpha value is -6.28. The minimum atomic E-state index is 1.23. The Morgan fingerprint density at radius 3 is 1.41 bits per heavy atom. The molecule has 11 aromatic rings. The average Bonchev–Trinajstić information content (AvgIpc) is 3.59. The van der Waals surface area contributed by atoms with Gasteiger partial charge in [0.2, 0.25) is 0 Å². The van der Waals surface area contributed by atoms with Crippen LogP contribution in [0.4, 0.5) is 0 Å². The van der Waals surface area contributed by atoms with E-state index in [-0.39, 0.29) is 0 Å². The molecule has 0 spiro atoms. The van der Waals surface area contributed by atoms with Gasteiger partial charge in [0.25, 0.3) is 0 Å². The zero-order valence-electron chi connectivity index (χ0n) is 27.7. The molecular formula is C50H30S. The summed E-state index contributed by atoms with van der Waals surface area (Å²) in [5, 5.41) is 15.6. The summed E-state index contributed by atoms with van der Waals surface area (Å²) in [7, 11) is 0. The first-order valence-electron chi connectivity index (χ1n) is 17.6. The van der Waals surface area contributed by atoms with Crippen LogP contribution < -0.4 is 0 Å². The van der Waals surface area contributed by atoms with Crippen LogP contribution in [0, 0.1) is 0 Å². The maximum absolute atomic E-state index is 2.46. The summed E-state index contributed by atoms with van der Waals surface area (Å²) in [4.78, 5) is 0. The molecule has 10 aromatic carbocycles. The molecule has 1 heteroatoms. The van der Waals surface area contributed by atoms with Crippen molar-refractivity contribution in [2.75, 3.05) is 0 Å². The van der Waals surface area contributed by atoms with E-state index >= 15 is 0 Å². The van der Waals surface area contributed by atoms with Crippen LogP contribution in [0.3, 0.4) is 0 Å². The Kier molecular flexibility index (Phi) is 6.22. The van der Waals surface area contributed by atoms with Crippen molar-refractivity contribution in [2.45, 2.75) is 0 Å². The zero-order valence-corrected chi connectivity index (χ0v) is 28.5.